The summed E-state index contributed by atoms with van der Waals surface area (Å²) in [5, 5.41) is 12.5. The molecule has 0 atom stereocenters. The molecule has 2 aromatic carbocycles. The normalized spacial score (nSPS) is 13.6. The first-order valence-corrected chi connectivity index (χ1v) is 11.8. The molecule has 0 unspecified atom stereocenters. The zero-order chi connectivity index (χ0) is 22.2. The number of rotatable bonds is 6. The number of carbonyl (C=O) groups is 2. The van der Waals surface area contributed by atoms with E-state index >= 15 is 0 Å². The highest BCUT2D eigenvalue weighted by molar-refractivity contribution is 7.90. The van der Waals surface area contributed by atoms with Crippen LogP contribution in [-0.2, 0) is 9.84 Å². The third kappa shape index (κ3) is 4.95. The number of nitrogens with zero attached hydrogens (tertiary/aromatic N) is 1. The van der Waals surface area contributed by atoms with Crippen LogP contribution in [0.1, 0.15) is 45.3 Å². The van der Waals surface area contributed by atoms with Gasteiger partial charge in [0, 0.05) is 29.1 Å². The average Bonchev–Trinajstić information content (AvgIpc) is 3.45. The van der Waals surface area contributed by atoms with Crippen LogP contribution in [0.25, 0.3) is 0 Å². The fourth-order valence-electron chi connectivity index (χ4n) is 3.01. The molecule has 3 N–H and O–H groups in total. The van der Waals surface area contributed by atoms with Crippen molar-refractivity contribution in [3.63, 3.8) is 0 Å². The molecule has 4 rings (SSSR count). The molecular formula is C21H19ClN4O4S. The van der Waals surface area contributed by atoms with Gasteiger partial charge >= 0.3 is 0 Å². The standard InChI is InChI=1S/C21H19ClN4O4S/c1-31(29,30)15-4-2-3-13(9-15)20(27)24-17-8-7-14(10-16(17)22)23-21(28)19-11-18(25-26-19)12-5-6-12/h2-4,7-12H,5-6H2,1H3,(H,23,28)(H,24,27)(H,25,26). The minimum absolute atomic E-state index is 0.0486. The SMILES string of the molecule is CS(=O)(=O)c1cccc(C(=O)Nc2ccc(NC(=O)c3cc(C4CC4)[nH]n3)cc2Cl)c1. The molecule has 0 spiro atoms. The van der Waals surface area contributed by atoms with Crippen LogP contribution >= 0.6 is 11.6 Å². The lowest BCUT2D eigenvalue weighted by molar-refractivity contribution is 0.101. The third-order valence-corrected chi connectivity index (χ3v) is 6.27. The van der Waals surface area contributed by atoms with Gasteiger partial charge in [-0.25, -0.2) is 8.42 Å². The van der Waals surface area contributed by atoms with E-state index in [1.54, 1.807) is 18.2 Å². The monoisotopic (exact) mass is 458 g/mol. The molecule has 10 heteroatoms. The largest absolute Gasteiger partial charge is 0.321 e. The molecule has 0 radical (unpaired) electrons. The summed E-state index contributed by atoms with van der Waals surface area (Å²) in [7, 11) is -3.43. The van der Waals surface area contributed by atoms with E-state index in [9.17, 15) is 18.0 Å². The Morgan fingerprint density at radius 3 is 2.52 bits per heavy atom. The summed E-state index contributed by atoms with van der Waals surface area (Å²) in [5.41, 5.74) is 2.21. The molecule has 1 aliphatic carbocycles. The second kappa shape index (κ2) is 8.16. The number of carbonyl (C=O) groups excluding carboxylic acids is 2. The zero-order valence-corrected chi connectivity index (χ0v) is 18.0. The minimum Gasteiger partial charge on any atom is -0.321 e. The molecule has 8 nitrogen and oxygen atoms in total. The molecule has 31 heavy (non-hydrogen) atoms. The molecule has 3 aromatic rings. The predicted molar refractivity (Wildman–Crippen MR) is 117 cm³/mol. The lowest BCUT2D eigenvalue weighted by Gasteiger charge is -2.10. The molecule has 1 saturated carbocycles. The maximum atomic E-state index is 12.5. The van der Waals surface area contributed by atoms with Gasteiger partial charge in [-0.3, -0.25) is 14.7 Å². The number of aromatic amines is 1. The Kier molecular flexibility index (Phi) is 5.55. The highest BCUT2D eigenvalue weighted by Crippen LogP contribution is 2.39. The minimum atomic E-state index is -3.43. The van der Waals surface area contributed by atoms with Gasteiger partial charge in [0.15, 0.2) is 15.5 Å². The second-order valence-corrected chi connectivity index (χ2v) is 9.81. The fraction of sp³-hybridized carbons (Fsp3) is 0.190. The summed E-state index contributed by atoms with van der Waals surface area (Å²) in [6, 6.07) is 12.1. The van der Waals surface area contributed by atoms with Crippen molar-refractivity contribution in [1.29, 1.82) is 0 Å². The summed E-state index contributed by atoms with van der Waals surface area (Å²) in [4.78, 5) is 24.9. The van der Waals surface area contributed by atoms with Crippen molar-refractivity contribution in [1.82, 2.24) is 10.2 Å². The van der Waals surface area contributed by atoms with Gasteiger partial charge in [0.05, 0.1) is 15.6 Å². The first-order chi connectivity index (χ1) is 14.7. The van der Waals surface area contributed by atoms with Crippen molar-refractivity contribution in [3.05, 3.63) is 70.5 Å². The van der Waals surface area contributed by atoms with Gasteiger partial charge < -0.3 is 10.6 Å². The number of sulfone groups is 1. The molecule has 1 aromatic heterocycles. The van der Waals surface area contributed by atoms with Crippen LogP contribution in [0, 0.1) is 0 Å². The summed E-state index contributed by atoms with van der Waals surface area (Å²) in [6.07, 6.45) is 3.28. The number of nitrogens with one attached hydrogen (secondary N) is 3. The zero-order valence-electron chi connectivity index (χ0n) is 16.5. The number of hydrogen-bond donors (Lipinski definition) is 3. The lowest BCUT2D eigenvalue weighted by atomic mass is 10.2. The Morgan fingerprint density at radius 1 is 1.06 bits per heavy atom. The molecule has 2 amide bonds. The van der Waals surface area contributed by atoms with Gasteiger partial charge in [0.1, 0.15) is 0 Å². The Morgan fingerprint density at radius 2 is 1.84 bits per heavy atom. The topological polar surface area (TPSA) is 121 Å². The smallest absolute Gasteiger partial charge is 0.276 e. The van der Waals surface area contributed by atoms with E-state index in [-0.39, 0.29) is 21.4 Å². The van der Waals surface area contributed by atoms with Crippen LogP contribution in [0.15, 0.2) is 53.4 Å². The molecule has 1 heterocycles. The third-order valence-electron chi connectivity index (χ3n) is 4.85. The van der Waals surface area contributed by atoms with Crippen LogP contribution in [0.2, 0.25) is 5.02 Å². The first kappa shape index (κ1) is 21.1. The molecule has 0 aliphatic heterocycles. The highest BCUT2D eigenvalue weighted by atomic mass is 35.5. The molecule has 0 bridgehead atoms. The van der Waals surface area contributed by atoms with Crippen molar-refractivity contribution in [2.24, 2.45) is 0 Å². The Hall–Kier alpha value is -3.17. The van der Waals surface area contributed by atoms with E-state index in [4.69, 9.17) is 11.6 Å². The summed E-state index contributed by atoms with van der Waals surface area (Å²) in [5.74, 6) is -0.411. The predicted octanol–water partition coefficient (Wildman–Crippen LogP) is 3.85. The van der Waals surface area contributed by atoms with Crippen molar-refractivity contribution < 1.29 is 18.0 Å². The van der Waals surface area contributed by atoms with Crippen LogP contribution in [0.3, 0.4) is 0 Å². The molecule has 0 saturated heterocycles. The van der Waals surface area contributed by atoms with Gasteiger partial charge in [-0.1, -0.05) is 17.7 Å². The quantitative estimate of drug-likeness (QED) is 0.518. The summed E-state index contributed by atoms with van der Waals surface area (Å²) < 4.78 is 23.4. The Labute approximate surface area is 183 Å². The van der Waals surface area contributed by atoms with E-state index in [1.807, 2.05) is 0 Å². The fourth-order valence-corrected chi connectivity index (χ4v) is 3.90. The van der Waals surface area contributed by atoms with Crippen molar-refractivity contribution in [2.45, 2.75) is 23.7 Å². The number of hydrogen-bond acceptors (Lipinski definition) is 5. The van der Waals surface area contributed by atoms with E-state index in [0.717, 1.165) is 24.8 Å². The van der Waals surface area contributed by atoms with Gasteiger partial charge in [0.25, 0.3) is 11.8 Å². The number of H-pyrrole nitrogens is 1. The van der Waals surface area contributed by atoms with E-state index in [2.05, 4.69) is 20.8 Å². The first-order valence-electron chi connectivity index (χ1n) is 9.48. The van der Waals surface area contributed by atoms with Crippen LogP contribution in [0.4, 0.5) is 11.4 Å². The van der Waals surface area contributed by atoms with Crippen molar-refractivity contribution in [2.75, 3.05) is 16.9 Å². The number of benzene rings is 2. The Bertz CT molecular complexity index is 1280. The summed E-state index contributed by atoms with van der Waals surface area (Å²) in [6.45, 7) is 0. The van der Waals surface area contributed by atoms with Gasteiger partial charge in [-0.15, -0.1) is 0 Å². The van der Waals surface area contributed by atoms with Crippen LogP contribution < -0.4 is 10.6 Å². The number of anilines is 2. The van der Waals surface area contributed by atoms with Crippen LogP contribution in [-0.4, -0.2) is 36.7 Å². The van der Waals surface area contributed by atoms with Crippen molar-refractivity contribution >= 4 is 44.6 Å². The van der Waals surface area contributed by atoms with Crippen LogP contribution in [0.5, 0.6) is 0 Å². The molecule has 1 aliphatic rings. The highest BCUT2D eigenvalue weighted by Gasteiger charge is 2.26. The summed E-state index contributed by atoms with van der Waals surface area (Å²) >= 11 is 6.26. The van der Waals surface area contributed by atoms with Gasteiger partial charge in [-0.2, -0.15) is 5.10 Å². The molecule has 160 valence electrons. The van der Waals surface area contributed by atoms with Gasteiger partial charge in [-0.05, 0) is 55.3 Å². The number of amides is 2. The maximum absolute atomic E-state index is 12.5. The maximum Gasteiger partial charge on any atom is 0.276 e. The van der Waals surface area contributed by atoms with E-state index < -0.39 is 15.7 Å². The van der Waals surface area contributed by atoms with Crippen molar-refractivity contribution in [3.8, 4) is 0 Å². The average molecular weight is 459 g/mol. The van der Waals surface area contributed by atoms with E-state index in [1.165, 1.54) is 30.3 Å². The van der Waals surface area contributed by atoms with Gasteiger partial charge in [0.2, 0.25) is 0 Å². The number of halogens is 1. The lowest BCUT2D eigenvalue weighted by Crippen LogP contribution is -2.14. The molecular weight excluding hydrogens is 440 g/mol. The molecule has 1 fully saturated rings. The second-order valence-electron chi connectivity index (χ2n) is 7.39. The Balaban J connectivity index is 1.44. The van der Waals surface area contributed by atoms with E-state index in [0.29, 0.717) is 23.0 Å². The number of aromatic nitrogens is 2.